The fraction of sp³-hybridized carbons (Fsp3) is 0.538. The van der Waals surface area contributed by atoms with Gasteiger partial charge >= 0.3 is 12.1 Å². The van der Waals surface area contributed by atoms with E-state index in [0.717, 1.165) is 47.4 Å². The van der Waals surface area contributed by atoms with Crippen molar-refractivity contribution in [3.8, 4) is 0 Å². The molecule has 1 saturated heterocycles. The third-order valence-corrected chi connectivity index (χ3v) is 7.87. The summed E-state index contributed by atoms with van der Waals surface area (Å²) in [5, 5.41) is 9.67. The highest BCUT2D eigenvalue weighted by Crippen LogP contribution is 2.49. The highest BCUT2D eigenvalue weighted by atomic mass is 35.5. The Balaban J connectivity index is 1.50. The van der Waals surface area contributed by atoms with Crippen LogP contribution in [0.5, 0.6) is 0 Å². The number of nitrogens with zero attached hydrogens (tertiary/aromatic N) is 3. The van der Waals surface area contributed by atoms with Gasteiger partial charge in [-0.05, 0) is 82.6 Å². The summed E-state index contributed by atoms with van der Waals surface area (Å²) in [7, 11) is 0. The van der Waals surface area contributed by atoms with Gasteiger partial charge in [0.1, 0.15) is 5.60 Å². The molecular weight excluding hydrogens is 486 g/mol. The normalized spacial score (nSPS) is 18.3. The van der Waals surface area contributed by atoms with Crippen molar-refractivity contribution >= 4 is 35.4 Å². The zero-order valence-corrected chi connectivity index (χ0v) is 22.2. The average molecular weight is 518 g/mol. The molecule has 0 radical (unpaired) electrons. The maximum Gasteiger partial charge on any atom is 0.410 e. The van der Waals surface area contributed by atoms with E-state index in [1.807, 2.05) is 45.0 Å². The zero-order chi connectivity index (χ0) is 25.2. The van der Waals surface area contributed by atoms with Gasteiger partial charge in [0.2, 0.25) is 0 Å². The summed E-state index contributed by atoms with van der Waals surface area (Å²) in [5.41, 5.74) is 2.98. The monoisotopic (exact) mass is 517 g/mol. The second kappa shape index (κ2) is 10.7. The number of carbonyl (C=O) groups excluding carboxylic acids is 2. The second-order valence-corrected chi connectivity index (χ2v) is 11.6. The number of fused-ring (bicyclic) bond motifs is 1. The first-order valence-corrected chi connectivity index (χ1v) is 13.4. The van der Waals surface area contributed by atoms with Gasteiger partial charge in [-0.15, -0.1) is 16.9 Å². The van der Waals surface area contributed by atoms with Crippen molar-refractivity contribution in [1.29, 1.82) is 0 Å². The van der Waals surface area contributed by atoms with E-state index in [-0.39, 0.29) is 11.3 Å². The predicted octanol–water partition coefficient (Wildman–Crippen LogP) is 5.89. The summed E-state index contributed by atoms with van der Waals surface area (Å²) in [6.07, 6.45) is 3.05. The molecule has 1 aromatic carbocycles. The number of esters is 1. The van der Waals surface area contributed by atoms with E-state index in [9.17, 15) is 9.59 Å². The summed E-state index contributed by atoms with van der Waals surface area (Å²) in [6.45, 7) is 9.05. The highest BCUT2D eigenvalue weighted by Gasteiger charge is 2.34. The first-order chi connectivity index (χ1) is 16.6. The van der Waals surface area contributed by atoms with Crippen molar-refractivity contribution < 1.29 is 19.1 Å². The summed E-state index contributed by atoms with van der Waals surface area (Å²) in [5.74, 6) is -0.0437. The fourth-order valence-corrected chi connectivity index (χ4v) is 6.01. The summed E-state index contributed by atoms with van der Waals surface area (Å²) >= 11 is 7.73. The number of likely N-dealkylation sites (tertiary alicyclic amines) is 1. The van der Waals surface area contributed by atoms with Gasteiger partial charge in [0.15, 0.2) is 5.69 Å². The molecule has 4 rings (SSSR count). The molecule has 2 aromatic rings. The maximum atomic E-state index is 12.6. The van der Waals surface area contributed by atoms with Crippen molar-refractivity contribution in [1.82, 2.24) is 15.1 Å². The van der Waals surface area contributed by atoms with E-state index < -0.39 is 11.6 Å². The van der Waals surface area contributed by atoms with Crippen LogP contribution >= 0.6 is 23.4 Å². The van der Waals surface area contributed by atoms with Crippen LogP contribution in [-0.4, -0.2) is 52.5 Å². The number of hydrogen-bond acceptors (Lipinski definition) is 7. The maximum absolute atomic E-state index is 12.6. The number of thioether (sulfide) groups is 1. The molecule has 2 aliphatic heterocycles. The molecular formula is C26H32ClN3O4S. The zero-order valence-electron chi connectivity index (χ0n) is 20.7. The number of rotatable bonds is 5. The summed E-state index contributed by atoms with van der Waals surface area (Å²) < 4.78 is 10.8. The van der Waals surface area contributed by atoms with Gasteiger partial charge in [0.25, 0.3) is 0 Å². The van der Waals surface area contributed by atoms with Crippen LogP contribution in [0.3, 0.4) is 0 Å². The number of benzene rings is 1. The third-order valence-electron chi connectivity index (χ3n) is 6.22. The van der Waals surface area contributed by atoms with Crippen LogP contribution in [-0.2, 0) is 22.3 Å². The van der Waals surface area contributed by atoms with Crippen molar-refractivity contribution in [3.63, 3.8) is 0 Å². The van der Waals surface area contributed by atoms with Crippen LogP contribution < -0.4 is 0 Å². The van der Waals surface area contributed by atoms with Crippen LogP contribution in [0.2, 0.25) is 5.02 Å². The Hall–Kier alpha value is -2.32. The lowest BCUT2D eigenvalue weighted by Crippen LogP contribution is -2.42. The Morgan fingerprint density at radius 1 is 1.14 bits per heavy atom. The van der Waals surface area contributed by atoms with Gasteiger partial charge in [-0.2, -0.15) is 5.10 Å². The van der Waals surface area contributed by atoms with Gasteiger partial charge in [-0.3, -0.25) is 0 Å². The van der Waals surface area contributed by atoms with Crippen LogP contribution in [0, 0.1) is 5.92 Å². The van der Waals surface area contributed by atoms with Crippen LogP contribution in [0.15, 0.2) is 29.2 Å². The molecule has 0 bridgehead atoms. The summed E-state index contributed by atoms with van der Waals surface area (Å²) in [4.78, 5) is 27.7. The van der Waals surface area contributed by atoms with Crippen molar-refractivity contribution in [2.24, 2.45) is 5.92 Å². The third kappa shape index (κ3) is 6.28. The molecule has 0 N–H and O–H groups in total. The Labute approximate surface area is 215 Å². The van der Waals surface area contributed by atoms with E-state index in [2.05, 4.69) is 10.2 Å². The molecule has 35 heavy (non-hydrogen) atoms. The lowest BCUT2D eigenvalue weighted by atomic mass is 9.90. The van der Waals surface area contributed by atoms with Gasteiger partial charge in [-0.1, -0.05) is 23.7 Å². The van der Waals surface area contributed by atoms with Crippen molar-refractivity contribution in [2.45, 2.75) is 69.1 Å². The minimum Gasteiger partial charge on any atom is -0.461 e. The van der Waals surface area contributed by atoms with Crippen LogP contribution in [0.25, 0.3) is 0 Å². The lowest BCUT2D eigenvalue weighted by molar-refractivity contribution is 0.0183. The number of amides is 1. The molecule has 7 nitrogen and oxygen atoms in total. The highest BCUT2D eigenvalue weighted by molar-refractivity contribution is 8.00. The van der Waals surface area contributed by atoms with Gasteiger partial charge in [0, 0.05) is 28.3 Å². The molecule has 1 aromatic heterocycles. The molecule has 1 fully saturated rings. The van der Waals surface area contributed by atoms with E-state index in [1.54, 1.807) is 23.6 Å². The molecule has 1 amide bonds. The minimum absolute atomic E-state index is 0.161. The Kier molecular flexibility index (Phi) is 7.91. The number of ether oxygens (including phenoxy) is 2. The predicted molar refractivity (Wildman–Crippen MR) is 136 cm³/mol. The van der Waals surface area contributed by atoms with Crippen LogP contribution in [0.1, 0.15) is 73.1 Å². The summed E-state index contributed by atoms with van der Waals surface area (Å²) in [6, 6.07) is 7.84. The smallest absolute Gasteiger partial charge is 0.410 e. The lowest BCUT2D eigenvalue weighted by Gasteiger charge is -2.33. The molecule has 9 heteroatoms. The molecule has 0 saturated carbocycles. The van der Waals surface area contributed by atoms with Gasteiger partial charge in [-0.25, -0.2) is 9.59 Å². The van der Waals surface area contributed by atoms with Gasteiger partial charge < -0.3 is 14.4 Å². The Morgan fingerprint density at radius 3 is 2.46 bits per heavy atom. The van der Waals surface area contributed by atoms with E-state index in [0.29, 0.717) is 36.3 Å². The van der Waals surface area contributed by atoms with E-state index >= 15 is 0 Å². The number of piperidine rings is 1. The molecule has 1 unspecified atom stereocenters. The number of halogens is 1. The van der Waals surface area contributed by atoms with Crippen molar-refractivity contribution in [2.75, 3.05) is 19.7 Å². The molecule has 188 valence electrons. The molecule has 3 heterocycles. The number of aromatic nitrogens is 2. The van der Waals surface area contributed by atoms with Gasteiger partial charge in [0.05, 0.1) is 12.3 Å². The largest absolute Gasteiger partial charge is 0.461 e. The average Bonchev–Trinajstić information content (AvgIpc) is 3.25. The Morgan fingerprint density at radius 2 is 1.83 bits per heavy atom. The first kappa shape index (κ1) is 25.8. The molecule has 0 spiro atoms. The number of hydrogen-bond donors (Lipinski definition) is 0. The number of carbonyl (C=O) groups is 2. The molecule has 0 aliphatic carbocycles. The standard InChI is InChI=1S/C26H32ClN3O4S/c1-5-33-24(31)22-23-19(15-21(35-23)17-6-8-18(27)9-7-17)20(28-29-22)14-16-10-12-30(13-11-16)25(32)34-26(2,3)4/h6-9,16,21H,5,10-15H2,1-4H3. The topological polar surface area (TPSA) is 81.6 Å². The van der Waals surface area contributed by atoms with E-state index in [1.165, 1.54) is 0 Å². The fourth-order valence-electron chi connectivity index (χ4n) is 4.48. The van der Waals surface area contributed by atoms with Crippen LogP contribution in [0.4, 0.5) is 4.79 Å². The SMILES string of the molecule is CCOC(=O)c1nnc(CC2CCN(C(=O)OC(C)(C)C)CC2)c2c1SC(c1ccc(Cl)cc1)C2. The second-order valence-electron chi connectivity index (χ2n) is 10.0. The Bertz CT molecular complexity index is 1080. The quantitative estimate of drug-likeness (QED) is 0.457. The van der Waals surface area contributed by atoms with Crippen molar-refractivity contribution in [3.05, 3.63) is 51.8 Å². The molecule has 2 aliphatic rings. The minimum atomic E-state index is -0.497. The molecule has 1 atom stereocenters. The first-order valence-electron chi connectivity index (χ1n) is 12.1. The van der Waals surface area contributed by atoms with E-state index in [4.69, 9.17) is 21.1 Å².